The van der Waals surface area contributed by atoms with E-state index in [-0.39, 0.29) is 6.10 Å². The predicted molar refractivity (Wildman–Crippen MR) is 98.2 cm³/mol. The van der Waals surface area contributed by atoms with Crippen molar-refractivity contribution < 1.29 is 9.63 Å². The van der Waals surface area contributed by atoms with Crippen molar-refractivity contribution >= 4 is 0 Å². The van der Waals surface area contributed by atoms with Crippen LogP contribution in [0, 0.1) is 18.8 Å². The maximum atomic E-state index is 9.98. The third-order valence-corrected chi connectivity index (χ3v) is 6.02. The third kappa shape index (κ3) is 3.16. The van der Waals surface area contributed by atoms with E-state index >= 15 is 0 Å². The lowest BCUT2D eigenvalue weighted by atomic mass is 9.67. The Balaban J connectivity index is 1.37. The Labute approximate surface area is 157 Å². The molecule has 2 unspecified atom stereocenters. The molecule has 4 atom stereocenters. The third-order valence-electron chi connectivity index (χ3n) is 6.02. The van der Waals surface area contributed by atoms with Crippen LogP contribution in [0.3, 0.4) is 0 Å². The first kappa shape index (κ1) is 16.6. The maximum absolute atomic E-state index is 9.98. The summed E-state index contributed by atoms with van der Waals surface area (Å²) < 4.78 is 7.39. The van der Waals surface area contributed by atoms with E-state index in [1.165, 1.54) is 12.7 Å². The number of rotatable bonds is 3. The minimum atomic E-state index is -0.126. The monoisotopic (exact) mass is 365 g/mol. The van der Waals surface area contributed by atoms with Gasteiger partial charge in [-0.3, -0.25) is 0 Å². The van der Waals surface area contributed by atoms with Crippen LogP contribution in [0.15, 0.2) is 35.4 Å². The molecule has 7 heteroatoms. The molecule has 1 N–H and O–H groups in total. The highest BCUT2D eigenvalue weighted by atomic mass is 16.5. The smallest absolute Gasteiger partial charge is 0.230 e. The standard InChI is InChI=1S/C20H23N5O2/c1-12-4-15(2-3-18(12)25-11-21-10-22-25)19-23-20(27-24-19)16-6-13-5-14(7-16)9-17(26)8-13/h2-4,10-11,13-14,16-17,26H,5-9H2,1H3/t13-,14+,16?,17?. The number of benzene rings is 1. The highest BCUT2D eigenvalue weighted by Crippen LogP contribution is 2.46. The molecule has 0 amide bonds. The Kier molecular flexibility index (Phi) is 4.04. The summed E-state index contributed by atoms with van der Waals surface area (Å²) in [6.07, 6.45) is 8.23. The number of aliphatic hydroxyl groups is 1. The van der Waals surface area contributed by atoms with Crippen molar-refractivity contribution in [3.63, 3.8) is 0 Å². The van der Waals surface area contributed by atoms with E-state index in [0.717, 1.165) is 48.4 Å². The summed E-state index contributed by atoms with van der Waals surface area (Å²) in [5, 5.41) is 18.4. The van der Waals surface area contributed by atoms with E-state index in [9.17, 15) is 5.11 Å². The summed E-state index contributed by atoms with van der Waals surface area (Å²) in [5.41, 5.74) is 3.00. The molecule has 0 spiro atoms. The van der Waals surface area contributed by atoms with E-state index in [2.05, 4.69) is 21.3 Å². The zero-order chi connectivity index (χ0) is 18.4. The first-order chi connectivity index (χ1) is 13.2. The lowest BCUT2D eigenvalue weighted by Crippen LogP contribution is -2.32. The van der Waals surface area contributed by atoms with Crippen molar-refractivity contribution in [3.8, 4) is 17.1 Å². The molecule has 2 aliphatic carbocycles. The molecule has 2 saturated carbocycles. The van der Waals surface area contributed by atoms with Crippen molar-refractivity contribution in [1.29, 1.82) is 0 Å². The molecule has 0 saturated heterocycles. The summed E-state index contributed by atoms with van der Waals surface area (Å²) in [6.45, 7) is 2.04. The predicted octanol–water partition coefficient (Wildman–Crippen LogP) is 3.28. The number of aryl methyl sites for hydroxylation is 1. The second-order valence-electron chi connectivity index (χ2n) is 8.06. The Morgan fingerprint density at radius 2 is 1.93 bits per heavy atom. The molecule has 2 heterocycles. The van der Waals surface area contributed by atoms with E-state index in [1.54, 1.807) is 11.0 Å². The molecule has 2 aromatic heterocycles. The average molecular weight is 365 g/mol. The van der Waals surface area contributed by atoms with Crippen LogP contribution in [0.5, 0.6) is 0 Å². The van der Waals surface area contributed by atoms with Crippen LogP contribution < -0.4 is 0 Å². The van der Waals surface area contributed by atoms with E-state index in [1.807, 2.05) is 19.1 Å². The minimum absolute atomic E-state index is 0.126. The number of aromatic nitrogens is 5. The van der Waals surface area contributed by atoms with Crippen LogP contribution in [-0.4, -0.2) is 36.1 Å². The molecule has 140 valence electrons. The molecule has 5 rings (SSSR count). The Morgan fingerprint density at radius 1 is 1.11 bits per heavy atom. The van der Waals surface area contributed by atoms with Crippen molar-refractivity contribution in [3.05, 3.63) is 42.3 Å². The Hall–Kier alpha value is -2.54. The lowest BCUT2D eigenvalue weighted by Gasteiger charge is -2.39. The normalized spacial score (nSPS) is 27.6. The van der Waals surface area contributed by atoms with Gasteiger partial charge in [-0.2, -0.15) is 10.1 Å². The quantitative estimate of drug-likeness (QED) is 0.766. The summed E-state index contributed by atoms with van der Waals surface area (Å²) in [7, 11) is 0. The van der Waals surface area contributed by atoms with Gasteiger partial charge >= 0.3 is 0 Å². The van der Waals surface area contributed by atoms with Gasteiger partial charge in [0.15, 0.2) is 0 Å². The van der Waals surface area contributed by atoms with Gasteiger partial charge in [0, 0.05) is 11.5 Å². The van der Waals surface area contributed by atoms with Gasteiger partial charge in [-0.05, 0) is 74.6 Å². The second kappa shape index (κ2) is 6.56. The fourth-order valence-electron chi connectivity index (χ4n) is 4.92. The van der Waals surface area contributed by atoms with Crippen LogP contribution in [-0.2, 0) is 0 Å². The van der Waals surface area contributed by atoms with Gasteiger partial charge < -0.3 is 9.63 Å². The molecule has 3 aromatic rings. The summed E-state index contributed by atoms with van der Waals surface area (Å²) in [4.78, 5) is 8.71. The van der Waals surface area contributed by atoms with Gasteiger partial charge in [-0.15, -0.1) is 0 Å². The Bertz CT molecular complexity index is 918. The average Bonchev–Trinajstić information content (AvgIpc) is 3.33. The molecule has 2 aliphatic rings. The molecule has 0 aliphatic heterocycles. The number of hydrogen-bond acceptors (Lipinski definition) is 6. The van der Waals surface area contributed by atoms with Gasteiger partial charge in [0.25, 0.3) is 0 Å². The molecule has 7 nitrogen and oxygen atoms in total. The largest absolute Gasteiger partial charge is 0.393 e. The van der Waals surface area contributed by atoms with Crippen molar-refractivity contribution in [2.24, 2.45) is 11.8 Å². The van der Waals surface area contributed by atoms with Gasteiger partial charge in [0.1, 0.15) is 12.7 Å². The number of hydrogen-bond donors (Lipinski definition) is 1. The lowest BCUT2D eigenvalue weighted by molar-refractivity contribution is 0.0348. The fraction of sp³-hybridized carbons (Fsp3) is 0.500. The van der Waals surface area contributed by atoms with Crippen LogP contribution in [0.2, 0.25) is 0 Å². The second-order valence-corrected chi connectivity index (χ2v) is 8.06. The van der Waals surface area contributed by atoms with Crippen LogP contribution >= 0.6 is 0 Å². The first-order valence-electron chi connectivity index (χ1n) is 9.63. The zero-order valence-electron chi connectivity index (χ0n) is 15.3. The fourth-order valence-corrected chi connectivity index (χ4v) is 4.92. The zero-order valence-corrected chi connectivity index (χ0v) is 15.3. The SMILES string of the molecule is Cc1cc(-c2noc(C3C[C@H]4CC(O)C[C@@H](C3)C4)n2)ccc1-n1cncn1. The summed E-state index contributed by atoms with van der Waals surface area (Å²) in [6, 6.07) is 6.05. The number of fused-ring (bicyclic) bond motifs is 2. The van der Waals surface area contributed by atoms with Crippen LogP contribution in [0.1, 0.15) is 49.5 Å². The van der Waals surface area contributed by atoms with Crippen molar-refractivity contribution in [2.75, 3.05) is 0 Å². The highest BCUT2D eigenvalue weighted by Gasteiger charge is 2.38. The first-order valence-corrected chi connectivity index (χ1v) is 9.63. The van der Waals surface area contributed by atoms with Gasteiger partial charge in [0.2, 0.25) is 11.7 Å². The van der Waals surface area contributed by atoms with E-state index in [4.69, 9.17) is 9.51 Å². The molecule has 2 fully saturated rings. The van der Waals surface area contributed by atoms with Crippen molar-refractivity contribution in [2.45, 2.75) is 51.0 Å². The molecular weight excluding hydrogens is 342 g/mol. The van der Waals surface area contributed by atoms with Gasteiger partial charge in [-0.25, -0.2) is 9.67 Å². The highest BCUT2D eigenvalue weighted by molar-refractivity contribution is 5.59. The maximum Gasteiger partial charge on any atom is 0.230 e. The molecular formula is C20H23N5O2. The molecule has 2 bridgehead atoms. The minimum Gasteiger partial charge on any atom is -0.393 e. The number of aliphatic hydroxyl groups excluding tert-OH is 1. The van der Waals surface area contributed by atoms with Gasteiger partial charge in [-0.1, -0.05) is 5.16 Å². The van der Waals surface area contributed by atoms with Crippen LogP contribution in [0.4, 0.5) is 0 Å². The molecule has 1 aromatic carbocycles. The van der Waals surface area contributed by atoms with Crippen LogP contribution in [0.25, 0.3) is 17.1 Å². The van der Waals surface area contributed by atoms with E-state index < -0.39 is 0 Å². The van der Waals surface area contributed by atoms with E-state index in [0.29, 0.717) is 23.6 Å². The molecule has 0 radical (unpaired) electrons. The summed E-state index contributed by atoms with van der Waals surface area (Å²) in [5.74, 6) is 2.86. The van der Waals surface area contributed by atoms with Crippen molar-refractivity contribution in [1.82, 2.24) is 24.9 Å². The number of nitrogens with zero attached hydrogens (tertiary/aromatic N) is 5. The van der Waals surface area contributed by atoms with Gasteiger partial charge in [0.05, 0.1) is 11.8 Å². The summed E-state index contributed by atoms with van der Waals surface area (Å²) >= 11 is 0. The molecule has 27 heavy (non-hydrogen) atoms. The Morgan fingerprint density at radius 3 is 2.63 bits per heavy atom. The topological polar surface area (TPSA) is 89.9 Å².